The largest absolute Gasteiger partial charge is 0.496 e. The molecule has 1 atom stereocenters. The molecule has 0 saturated carbocycles. The van der Waals surface area contributed by atoms with Crippen LogP contribution in [0.15, 0.2) is 36.4 Å². The van der Waals surface area contributed by atoms with E-state index in [4.69, 9.17) is 4.74 Å². The smallest absolute Gasteiger partial charge is 0.409 e. The van der Waals surface area contributed by atoms with Crippen LogP contribution < -0.4 is 10.2 Å². The van der Waals surface area contributed by atoms with Gasteiger partial charge in [-0.2, -0.15) is 13.2 Å². The number of nitrogens with zero attached hydrogens (tertiary/aromatic N) is 1. The molecule has 1 fully saturated rings. The quantitative estimate of drug-likeness (QED) is 0.913. The fourth-order valence-electron chi connectivity index (χ4n) is 3.22. The number of fused-ring (bicyclic) bond motifs is 1. The minimum absolute atomic E-state index is 0.0314. The summed E-state index contributed by atoms with van der Waals surface area (Å²) in [6.45, 7) is 3.22. The molecular weight excluding hydrogens is 333 g/mol. The molecule has 1 heterocycles. The van der Waals surface area contributed by atoms with Crippen molar-refractivity contribution in [2.75, 3.05) is 13.7 Å². The number of nitrogens with one attached hydrogen (secondary N) is 1. The van der Waals surface area contributed by atoms with Gasteiger partial charge in [0, 0.05) is 11.9 Å². The Morgan fingerprint density at radius 2 is 1.80 bits per heavy atom. The second-order valence-corrected chi connectivity index (χ2v) is 6.80. The molecule has 7 heteroatoms. The molecule has 2 aromatic carbocycles. The first-order chi connectivity index (χ1) is 11.6. The van der Waals surface area contributed by atoms with E-state index in [1.807, 2.05) is 0 Å². The Morgan fingerprint density at radius 3 is 2.36 bits per heavy atom. The monoisotopic (exact) mass is 352 g/mol. The average molecular weight is 352 g/mol. The lowest BCUT2D eigenvalue weighted by Crippen LogP contribution is -2.43. The molecule has 1 amide bonds. The van der Waals surface area contributed by atoms with Crippen LogP contribution in [0, 0.1) is 5.41 Å². The predicted octanol–water partition coefficient (Wildman–Crippen LogP) is 3.82. The Kier molecular flexibility index (Phi) is 4.15. The number of hydrazine groups is 1. The van der Waals surface area contributed by atoms with E-state index >= 15 is 0 Å². The van der Waals surface area contributed by atoms with Gasteiger partial charge in [0.25, 0.3) is 0 Å². The molecule has 1 N–H and O–H groups in total. The highest BCUT2D eigenvalue weighted by Crippen LogP contribution is 2.43. The number of amides is 1. The van der Waals surface area contributed by atoms with Crippen LogP contribution in [0.4, 0.5) is 13.2 Å². The van der Waals surface area contributed by atoms with Crippen molar-refractivity contribution in [2.24, 2.45) is 5.41 Å². The van der Waals surface area contributed by atoms with Crippen molar-refractivity contribution >= 4 is 16.7 Å². The van der Waals surface area contributed by atoms with E-state index in [0.29, 0.717) is 16.5 Å². The van der Waals surface area contributed by atoms with Crippen molar-refractivity contribution in [1.82, 2.24) is 10.4 Å². The Hall–Kier alpha value is -2.28. The summed E-state index contributed by atoms with van der Waals surface area (Å²) in [6.07, 6.45) is -4.55. The fourth-order valence-corrected chi connectivity index (χ4v) is 3.22. The zero-order valence-corrected chi connectivity index (χ0v) is 14.1. The molecule has 1 aliphatic heterocycles. The number of methoxy groups -OCH3 is 1. The highest BCUT2D eigenvalue weighted by molar-refractivity contribution is 5.91. The molecule has 0 aliphatic carbocycles. The Balaban J connectivity index is 2.16. The normalized spacial score (nSPS) is 19.0. The first-order valence-corrected chi connectivity index (χ1v) is 7.85. The minimum atomic E-state index is -4.55. The number of hydrogen-bond donors (Lipinski definition) is 1. The van der Waals surface area contributed by atoms with Gasteiger partial charge in [-0.3, -0.25) is 10.2 Å². The lowest BCUT2D eigenvalue weighted by Gasteiger charge is -2.30. The number of ether oxygens (including phenoxy) is 1. The number of rotatable bonds is 3. The summed E-state index contributed by atoms with van der Waals surface area (Å²) in [4.78, 5) is 12.0. The number of alkyl halides is 3. The number of carbonyl (C=O) groups excluding carboxylic acids is 1. The molecule has 1 saturated heterocycles. The standard InChI is InChI=1S/C18H19F3N2O2/c1-17(2)10-23(22-16(17)24)15(18(19,20)21)13-8-4-7-12-11(13)6-5-9-14(12)25-3/h4-9,15H,10H2,1-3H3,(H,22,24). The second kappa shape index (κ2) is 5.91. The van der Waals surface area contributed by atoms with E-state index in [1.165, 1.54) is 13.2 Å². The predicted molar refractivity (Wildman–Crippen MR) is 87.9 cm³/mol. The molecule has 4 nitrogen and oxygen atoms in total. The van der Waals surface area contributed by atoms with E-state index in [-0.39, 0.29) is 12.1 Å². The lowest BCUT2D eigenvalue weighted by atomic mass is 9.93. The molecule has 3 rings (SSSR count). The van der Waals surface area contributed by atoms with Crippen molar-refractivity contribution in [3.63, 3.8) is 0 Å². The maximum absolute atomic E-state index is 13.9. The van der Waals surface area contributed by atoms with E-state index in [0.717, 1.165) is 5.01 Å². The van der Waals surface area contributed by atoms with Gasteiger partial charge in [0.1, 0.15) is 5.75 Å². The van der Waals surface area contributed by atoms with Crippen LogP contribution >= 0.6 is 0 Å². The van der Waals surface area contributed by atoms with E-state index in [9.17, 15) is 18.0 Å². The third-order valence-corrected chi connectivity index (χ3v) is 4.48. The van der Waals surface area contributed by atoms with E-state index in [2.05, 4.69) is 5.43 Å². The molecule has 0 radical (unpaired) electrons. The van der Waals surface area contributed by atoms with Crippen molar-refractivity contribution in [3.05, 3.63) is 42.0 Å². The van der Waals surface area contributed by atoms with Crippen LogP contribution in [0.3, 0.4) is 0 Å². The van der Waals surface area contributed by atoms with Gasteiger partial charge in [-0.05, 0) is 30.9 Å². The van der Waals surface area contributed by atoms with Gasteiger partial charge in [0.05, 0.1) is 12.5 Å². The average Bonchev–Trinajstić information content (AvgIpc) is 2.78. The van der Waals surface area contributed by atoms with Crippen molar-refractivity contribution < 1.29 is 22.7 Å². The maximum Gasteiger partial charge on any atom is 0.409 e. The summed E-state index contributed by atoms with van der Waals surface area (Å²) in [7, 11) is 1.48. The third-order valence-electron chi connectivity index (χ3n) is 4.48. The Labute approximate surface area is 143 Å². The molecule has 0 bridgehead atoms. The van der Waals surface area contributed by atoms with Crippen LogP contribution in [-0.2, 0) is 4.79 Å². The van der Waals surface area contributed by atoms with E-state index < -0.39 is 23.5 Å². The molecule has 2 aromatic rings. The molecule has 0 aromatic heterocycles. The third kappa shape index (κ3) is 3.04. The Morgan fingerprint density at radius 1 is 1.16 bits per heavy atom. The zero-order chi connectivity index (χ0) is 18.4. The maximum atomic E-state index is 13.9. The van der Waals surface area contributed by atoms with Gasteiger partial charge >= 0.3 is 6.18 Å². The van der Waals surface area contributed by atoms with Gasteiger partial charge in [-0.15, -0.1) is 0 Å². The van der Waals surface area contributed by atoms with Crippen molar-refractivity contribution in [3.8, 4) is 5.75 Å². The first kappa shape index (κ1) is 17.5. The number of benzene rings is 2. The molecular formula is C18H19F3N2O2. The number of carbonyl (C=O) groups is 1. The van der Waals surface area contributed by atoms with Crippen LogP contribution in [0.1, 0.15) is 25.5 Å². The van der Waals surface area contributed by atoms with Crippen LogP contribution in [0.2, 0.25) is 0 Å². The van der Waals surface area contributed by atoms with Gasteiger partial charge in [0.15, 0.2) is 6.04 Å². The highest BCUT2D eigenvalue weighted by atomic mass is 19.4. The fraction of sp³-hybridized carbons (Fsp3) is 0.389. The summed E-state index contributed by atoms with van der Waals surface area (Å²) in [5.41, 5.74) is 1.59. The summed E-state index contributed by atoms with van der Waals surface area (Å²) >= 11 is 0. The van der Waals surface area contributed by atoms with Gasteiger partial charge in [0.2, 0.25) is 5.91 Å². The van der Waals surface area contributed by atoms with Crippen molar-refractivity contribution in [1.29, 1.82) is 0 Å². The number of halogens is 3. The van der Waals surface area contributed by atoms with E-state index in [1.54, 1.807) is 44.2 Å². The first-order valence-electron chi connectivity index (χ1n) is 7.85. The lowest BCUT2D eigenvalue weighted by molar-refractivity contribution is -0.191. The Bertz CT molecular complexity index is 818. The number of hydrogen-bond acceptors (Lipinski definition) is 3. The van der Waals surface area contributed by atoms with Crippen LogP contribution in [0.5, 0.6) is 5.75 Å². The topological polar surface area (TPSA) is 41.6 Å². The van der Waals surface area contributed by atoms with Gasteiger partial charge < -0.3 is 4.74 Å². The highest BCUT2D eigenvalue weighted by Gasteiger charge is 2.51. The summed E-state index contributed by atoms with van der Waals surface area (Å²) in [5, 5.41) is 2.03. The molecule has 1 unspecified atom stereocenters. The molecule has 1 aliphatic rings. The van der Waals surface area contributed by atoms with Gasteiger partial charge in [-0.25, -0.2) is 5.01 Å². The van der Waals surface area contributed by atoms with Crippen LogP contribution in [-0.4, -0.2) is 30.7 Å². The van der Waals surface area contributed by atoms with Crippen molar-refractivity contribution in [2.45, 2.75) is 26.1 Å². The molecule has 0 spiro atoms. The second-order valence-electron chi connectivity index (χ2n) is 6.80. The molecule has 25 heavy (non-hydrogen) atoms. The summed E-state index contributed by atoms with van der Waals surface area (Å²) in [6, 6.07) is 7.79. The minimum Gasteiger partial charge on any atom is -0.496 e. The van der Waals surface area contributed by atoms with Gasteiger partial charge in [-0.1, -0.05) is 30.3 Å². The zero-order valence-electron chi connectivity index (χ0n) is 14.1. The van der Waals surface area contributed by atoms with Crippen LogP contribution in [0.25, 0.3) is 10.8 Å². The summed E-state index contributed by atoms with van der Waals surface area (Å²) in [5.74, 6) is 0.0885. The molecule has 134 valence electrons. The SMILES string of the molecule is COc1cccc2c(C(N3CC(C)(C)C(=O)N3)C(F)(F)F)cccc12. The summed E-state index contributed by atoms with van der Waals surface area (Å²) < 4.78 is 47.0.